The zero-order valence-corrected chi connectivity index (χ0v) is 22.0. The maximum absolute atomic E-state index is 13.4. The number of ketones is 1. The molecule has 1 saturated heterocycles. The first-order valence-corrected chi connectivity index (χ1v) is 13.0. The van der Waals surface area contributed by atoms with Crippen molar-refractivity contribution in [2.45, 2.75) is 38.8 Å². The lowest BCUT2D eigenvalue weighted by atomic mass is 9.94. The number of amides is 1. The van der Waals surface area contributed by atoms with Gasteiger partial charge in [-0.25, -0.2) is 0 Å². The van der Waals surface area contributed by atoms with Crippen molar-refractivity contribution in [3.8, 4) is 23.0 Å². The van der Waals surface area contributed by atoms with E-state index in [0.717, 1.165) is 19.3 Å². The summed E-state index contributed by atoms with van der Waals surface area (Å²) in [5.74, 6) is 0.691. The number of furan rings is 1. The molecule has 2 aliphatic heterocycles. The maximum atomic E-state index is 13.4. The van der Waals surface area contributed by atoms with Crippen LogP contribution in [0.2, 0.25) is 0 Å². The number of hydrogen-bond acceptors (Lipinski definition) is 8. The van der Waals surface area contributed by atoms with Crippen LogP contribution in [-0.2, 0) is 16.1 Å². The number of nitrogens with zero attached hydrogens (tertiary/aromatic N) is 1. The summed E-state index contributed by atoms with van der Waals surface area (Å²) < 4.78 is 28.2. The van der Waals surface area contributed by atoms with Gasteiger partial charge in [0.15, 0.2) is 23.0 Å². The first-order chi connectivity index (χ1) is 19.0. The molecular formula is C30H31NO8. The molecule has 39 heavy (non-hydrogen) atoms. The monoisotopic (exact) mass is 533 g/mol. The molecule has 9 nitrogen and oxygen atoms in total. The summed E-state index contributed by atoms with van der Waals surface area (Å²) in [6.07, 6.45) is 4.56. The highest BCUT2D eigenvalue weighted by atomic mass is 16.6. The minimum absolute atomic E-state index is 0.0394. The van der Waals surface area contributed by atoms with Crippen LogP contribution in [0, 0.1) is 0 Å². The fourth-order valence-electron chi connectivity index (χ4n) is 4.81. The third-order valence-corrected chi connectivity index (χ3v) is 6.77. The molecule has 0 bridgehead atoms. The SMILES string of the molecule is CCCCCOc1ccc([C@H]2C(=C(O)c3ccc4c(c3)OCCO4)C(=O)C(=O)N2Cc2ccco2)cc1OC. The smallest absolute Gasteiger partial charge is 0.296 e. The Kier molecular flexibility index (Phi) is 7.76. The number of ether oxygens (including phenoxy) is 4. The van der Waals surface area contributed by atoms with Crippen LogP contribution in [0.15, 0.2) is 64.8 Å². The molecule has 0 aliphatic carbocycles. The minimum Gasteiger partial charge on any atom is -0.507 e. The molecule has 3 heterocycles. The lowest BCUT2D eigenvalue weighted by molar-refractivity contribution is -0.140. The molecule has 204 valence electrons. The lowest BCUT2D eigenvalue weighted by Gasteiger charge is -2.25. The van der Waals surface area contributed by atoms with Crippen LogP contribution in [0.25, 0.3) is 5.76 Å². The molecule has 2 aromatic carbocycles. The second-order valence-electron chi connectivity index (χ2n) is 9.33. The Morgan fingerprint density at radius 1 is 1.03 bits per heavy atom. The van der Waals surface area contributed by atoms with E-state index >= 15 is 0 Å². The van der Waals surface area contributed by atoms with Gasteiger partial charge in [-0.2, -0.15) is 0 Å². The van der Waals surface area contributed by atoms with Gasteiger partial charge in [0, 0.05) is 5.56 Å². The molecule has 9 heteroatoms. The molecular weight excluding hydrogens is 502 g/mol. The first-order valence-electron chi connectivity index (χ1n) is 13.0. The predicted molar refractivity (Wildman–Crippen MR) is 142 cm³/mol. The molecule has 5 rings (SSSR count). The second-order valence-corrected chi connectivity index (χ2v) is 9.33. The number of carbonyl (C=O) groups excluding carboxylic acids is 2. The number of benzene rings is 2. The highest BCUT2D eigenvalue weighted by molar-refractivity contribution is 6.46. The Morgan fingerprint density at radius 2 is 1.85 bits per heavy atom. The van der Waals surface area contributed by atoms with Crippen LogP contribution in [0.1, 0.15) is 49.1 Å². The van der Waals surface area contributed by atoms with Crippen LogP contribution < -0.4 is 18.9 Å². The van der Waals surface area contributed by atoms with Crippen molar-refractivity contribution in [1.29, 1.82) is 0 Å². The van der Waals surface area contributed by atoms with E-state index in [1.54, 1.807) is 48.5 Å². The van der Waals surface area contributed by atoms with Gasteiger partial charge < -0.3 is 33.4 Å². The number of aliphatic hydroxyl groups excluding tert-OH is 1. The quantitative estimate of drug-likeness (QED) is 0.163. The van der Waals surface area contributed by atoms with E-state index in [-0.39, 0.29) is 17.9 Å². The van der Waals surface area contributed by atoms with Crippen molar-refractivity contribution in [3.05, 3.63) is 77.3 Å². The Hall–Kier alpha value is -4.40. The Bertz CT molecular complexity index is 1380. The number of Topliss-reactive ketones (excluding diaryl/α,β-unsaturated/α-hetero) is 1. The standard InChI is InChI=1S/C30H31NO8/c1-3-4-5-12-37-22-10-8-19(16-24(22)35-2)27-26(29(33)30(34)31(27)18-21-7-6-13-36-21)28(32)20-9-11-23-25(17-20)39-15-14-38-23/h6-11,13,16-17,27,32H,3-5,12,14-15,18H2,1-2H3/t27-/m0/s1. The molecule has 0 spiro atoms. The first kappa shape index (κ1) is 26.2. The fourth-order valence-corrected chi connectivity index (χ4v) is 4.81. The van der Waals surface area contributed by atoms with Crippen molar-refractivity contribution in [3.63, 3.8) is 0 Å². The van der Waals surface area contributed by atoms with E-state index in [1.165, 1.54) is 18.3 Å². The summed E-state index contributed by atoms with van der Waals surface area (Å²) in [7, 11) is 1.53. The number of carbonyl (C=O) groups is 2. The van der Waals surface area contributed by atoms with Gasteiger partial charge in [0.25, 0.3) is 11.7 Å². The van der Waals surface area contributed by atoms with Gasteiger partial charge in [-0.05, 0) is 54.4 Å². The number of unbranched alkanes of at least 4 members (excludes halogenated alkanes) is 2. The maximum Gasteiger partial charge on any atom is 0.296 e. The van der Waals surface area contributed by atoms with Crippen LogP contribution in [-0.4, -0.2) is 48.6 Å². The number of aliphatic hydroxyl groups is 1. The van der Waals surface area contributed by atoms with Crippen molar-refractivity contribution in [2.75, 3.05) is 26.9 Å². The molecule has 1 fully saturated rings. The Morgan fingerprint density at radius 3 is 2.59 bits per heavy atom. The highest BCUT2D eigenvalue weighted by Gasteiger charge is 2.46. The minimum atomic E-state index is -0.897. The number of rotatable bonds is 10. The summed E-state index contributed by atoms with van der Waals surface area (Å²) in [6, 6.07) is 12.7. The van der Waals surface area contributed by atoms with E-state index in [1.807, 2.05) is 0 Å². The molecule has 1 N–H and O–H groups in total. The van der Waals surface area contributed by atoms with E-state index in [0.29, 0.717) is 59.7 Å². The van der Waals surface area contributed by atoms with E-state index in [4.69, 9.17) is 23.4 Å². The summed E-state index contributed by atoms with van der Waals surface area (Å²) >= 11 is 0. The Labute approximate surface area is 226 Å². The molecule has 3 aromatic rings. The number of hydrogen-bond donors (Lipinski definition) is 1. The summed E-state index contributed by atoms with van der Waals surface area (Å²) in [5.41, 5.74) is 0.877. The van der Waals surface area contributed by atoms with Gasteiger partial charge in [-0.15, -0.1) is 0 Å². The number of methoxy groups -OCH3 is 1. The van der Waals surface area contributed by atoms with Crippen molar-refractivity contribution < 1.29 is 38.1 Å². The topological polar surface area (TPSA) is 108 Å². The Balaban J connectivity index is 1.57. The molecule has 0 saturated carbocycles. The lowest BCUT2D eigenvalue weighted by Crippen LogP contribution is -2.29. The molecule has 1 aromatic heterocycles. The van der Waals surface area contributed by atoms with Gasteiger partial charge in [0.1, 0.15) is 24.7 Å². The predicted octanol–water partition coefficient (Wildman–Crippen LogP) is 5.25. The van der Waals surface area contributed by atoms with Gasteiger partial charge in [0.05, 0.1) is 38.1 Å². The summed E-state index contributed by atoms with van der Waals surface area (Å²) in [5, 5.41) is 11.4. The van der Waals surface area contributed by atoms with Crippen molar-refractivity contribution in [1.82, 2.24) is 4.90 Å². The number of likely N-dealkylation sites (tertiary alicyclic amines) is 1. The largest absolute Gasteiger partial charge is 0.507 e. The molecule has 0 unspecified atom stereocenters. The average Bonchev–Trinajstić information content (AvgIpc) is 3.57. The van der Waals surface area contributed by atoms with Crippen LogP contribution in [0.5, 0.6) is 23.0 Å². The normalized spacial score (nSPS) is 17.9. The van der Waals surface area contributed by atoms with Gasteiger partial charge in [0.2, 0.25) is 0 Å². The fraction of sp³-hybridized carbons (Fsp3) is 0.333. The number of fused-ring (bicyclic) bond motifs is 1. The van der Waals surface area contributed by atoms with Crippen molar-refractivity contribution >= 4 is 17.4 Å². The third kappa shape index (κ3) is 5.30. The summed E-state index contributed by atoms with van der Waals surface area (Å²) in [6.45, 7) is 3.51. The zero-order chi connectivity index (χ0) is 27.4. The van der Waals surface area contributed by atoms with Crippen LogP contribution >= 0.6 is 0 Å². The average molecular weight is 534 g/mol. The highest BCUT2D eigenvalue weighted by Crippen LogP contribution is 2.43. The zero-order valence-electron chi connectivity index (χ0n) is 22.0. The van der Waals surface area contributed by atoms with Crippen molar-refractivity contribution in [2.24, 2.45) is 0 Å². The third-order valence-electron chi connectivity index (χ3n) is 6.77. The second kappa shape index (κ2) is 11.6. The molecule has 0 radical (unpaired) electrons. The summed E-state index contributed by atoms with van der Waals surface area (Å²) in [4.78, 5) is 28.1. The van der Waals surface area contributed by atoms with E-state index in [9.17, 15) is 14.7 Å². The van der Waals surface area contributed by atoms with E-state index < -0.39 is 17.7 Å². The van der Waals surface area contributed by atoms with E-state index in [2.05, 4.69) is 6.92 Å². The molecule has 2 aliphatic rings. The van der Waals surface area contributed by atoms with Gasteiger partial charge in [-0.3, -0.25) is 9.59 Å². The van der Waals surface area contributed by atoms with Gasteiger partial charge in [-0.1, -0.05) is 25.8 Å². The van der Waals surface area contributed by atoms with Crippen LogP contribution in [0.3, 0.4) is 0 Å². The van der Waals surface area contributed by atoms with Crippen LogP contribution in [0.4, 0.5) is 0 Å². The molecule has 1 atom stereocenters. The molecule has 1 amide bonds. The van der Waals surface area contributed by atoms with Gasteiger partial charge >= 0.3 is 0 Å².